The summed E-state index contributed by atoms with van der Waals surface area (Å²) in [5.41, 5.74) is 6.34. The molecule has 0 fully saturated rings. The molecule has 0 spiro atoms. The predicted octanol–water partition coefficient (Wildman–Crippen LogP) is 5.21. The zero-order valence-corrected chi connectivity index (χ0v) is 16.9. The van der Waals surface area contributed by atoms with E-state index in [1.54, 1.807) is 16.7 Å². The van der Waals surface area contributed by atoms with Gasteiger partial charge in [0.2, 0.25) is 0 Å². The molecule has 0 bridgehead atoms. The van der Waals surface area contributed by atoms with E-state index < -0.39 is 0 Å². The standard InChI is InChI=1S/C26H23NO2/c1-17-13-18(2)23(19(3)14-17)16-27-24-12-8-7-11-21(24)22(15-25(27)28)26(29)20-9-5-4-6-10-20/h4-15H,16H2,1-3H3. The van der Waals surface area contributed by atoms with Crippen molar-refractivity contribution in [3.8, 4) is 0 Å². The number of hydrogen-bond acceptors (Lipinski definition) is 2. The van der Waals surface area contributed by atoms with Crippen molar-refractivity contribution in [2.75, 3.05) is 0 Å². The highest BCUT2D eigenvalue weighted by atomic mass is 16.1. The molecule has 3 heteroatoms. The Morgan fingerprint density at radius 2 is 1.45 bits per heavy atom. The summed E-state index contributed by atoms with van der Waals surface area (Å²) in [6, 6.07) is 22.5. The molecule has 0 aliphatic carbocycles. The van der Waals surface area contributed by atoms with Gasteiger partial charge in [-0.1, -0.05) is 66.2 Å². The number of para-hydroxylation sites is 1. The third-order valence-corrected chi connectivity index (χ3v) is 5.46. The Balaban J connectivity index is 1.90. The van der Waals surface area contributed by atoms with Crippen LogP contribution in [0.3, 0.4) is 0 Å². The summed E-state index contributed by atoms with van der Waals surface area (Å²) in [5.74, 6) is -0.131. The van der Waals surface area contributed by atoms with E-state index in [4.69, 9.17) is 0 Å². The summed E-state index contributed by atoms with van der Waals surface area (Å²) in [5, 5.41) is 0.795. The SMILES string of the molecule is Cc1cc(C)c(Cn2c(=O)cc(C(=O)c3ccccc3)c3ccccc32)c(C)c1. The molecular weight excluding hydrogens is 358 g/mol. The minimum Gasteiger partial charge on any atom is -0.304 e. The molecule has 4 rings (SSSR count). The molecule has 3 aromatic carbocycles. The van der Waals surface area contributed by atoms with E-state index in [2.05, 4.69) is 32.9 Å². The number of benzene rings is 3. The van der Waals surface area contributed by atoms with Crippen LogP contribution in [0.25, 0.3) is 10.9 Å². The van der Waals surface area contributed by atoms with Crippen molar-refractivity contribution in [3.63, 3.8) is 0 Å². The van der Waals surface area contributed by atoms with Crippen molar-refractivity contribution in [2.24, 2.45) is 0 Å². The van der Waals surface area contributed by atoms with Crippen molar-refractivity contribution < 1.29 is 4.79 Å². The van der Waals surface area contributed by atoms with Crippen LogP contribution in [0.15, 0.2) is 77.6 Å². The number of carbonyl (C=O) groups is 1. The second-order valence-electron chi connectivity index (χ2n) is 7.57. The Bertz CT molecular complexity index is 1260. The van der Waals surface area contributed by atoms with Gasteiger partial charge < -0.3 is 4.57 Å². The Labute approximate surface area is 170 Å². The van der Waals surface area contributed by atoms with Gasteiger partial charge in [-0.2, -0.15) is 0 Å². The van der Waals surface area contributed by atoms with Gasteiger partial charge in [0, 0.05) is 22.6 Å². The Morgan fingerprint density at radius 3 is 2.14 bits per heavy atom. The number of aryl methyl sites for hydroxylation is 3. The fraction of sp³-hybridized carbons (Fsp3) is 0.154. The highest BCUT2D eigenvalue weighted by molar-refractivity contribution is 6.15. The Kier molecular flexibility index (Phi) is 4.89. The normalized spacial score (nSPS) is 11.0. The third-order valence-electron chi connectivity index (χ3n) is 5.46. The zero-order valence-electron chi connectivity index (χ0n) is 16.9. The molecule has 3 nitrogen and oxygen atoms in total. The van der Waals surface area contributed by atoms with Crippen LogP contribution in [0.5, 0.6) is 0 Å². The first kappa shape index (κ1) is 18.9. The van der Waals surface area contributed by atoms with Gasteiger partial charge in [0.05, 0.1) is 12.1 Å². The fourth-order valence-electron chi connectivity index (χ4n) is 4.05. The lowest BCUT2D eigenvalue weighted by Crippen LogP contribution is -2.23. The number of ketones is 1. The van der Waals surface area contributed by atoms with Crippen molar-refractivity contribution in [1.82, 2.24) is 4.57 Å². The molecule has 0 unspecified atom stereocenters. The Hall–Kier alpha value is -3.46. The van der Waals surface area contributed by atoms with E-state index >= 15 is 0 Å². The lowest BCUT2D eigenvalue weighted by molar-refractivity contribution is 0.104. The summed E-state index contributed by atoms with van der Waals surface area (Å²) in [7, 11) is 0. The first-order valence-electron chi connectivity index (χ1n) is 9.75. The van der Waals surface area contributed by atoms with E-state index in [0.717, 1.165) is 16.5 Å². The summed E-state index contributed by atoms with van der Waals surface area (Å²) in [6.45, 7) is 6.72. The highest BCUT2D eigenvalue weighted by Gasteiger charge is 2.17. The largest absolute Gasteiger partial charge is 0.304 e. The van der Waals surface area contributed by atoms with Crippen molar-refractivity contribution >= 4 is 16.7 Å². The smallest absolute Gasteiger partial charge is 0.252 e. The van der Waals surface area contributed by atoms with Gasteiger partial charge >= 0.3 is 0 Å². The number of aromatic nitrogens is 1. The number of carbonyl (C=O) groups excluding carboxylic acids is 1. The van der Waals surface area contributed by atoms with Gasteiger partial charge in [0.25, 0.3) is 5.56 Å². The molecule has 0 radical (unpaired) electrons. The van der Waals surface area contributed by atoms with Gasteiger partial charge in [-0.05, 0) is 43.5 Å². The molecule has 4 aromatic rings. The lowest BCUT2D eigenvalue weighted by Gasteiger charge is -2.16. The lowest BCUT2D eigenvalue weighted by atomic mass is 9.98. The maximum absolute atomic E-state index is 13.1. The van der Waals surface area contributed by atoms with E-state index in [0.29, 0.717) is 17.7 Å². The average Bonchev–Trinajstić information content (AvgIpc) is 2.71. The van der Waals surface area contributed by atoms with Gasteiger partial charge in [-0.3, -0.25) is 9.59 Å². The van der Waals surface area contributed by atoms with Crippen LogP contribution in [0.2, 0.25) is 0 Å². The van der Waals surface area contributed by atoms with Gasteiger partial charge in [-0.15, -0.1) is 0 Å². The van der Waals surface area contributed by atoms with Crippen LogP contribution in [0.4, 0.5) is 0 Å². The van der Waals surface area contributed by atoms with E-state index in [1.165, 1.54) is 22.8 Å². The van der Waals surface area contributed by atoms with E-state index in [1.807, 2.05) is 42.5 Å². The van der Waals surface area contributed by atoms with E-state index in [9.17, 15) is 9.59 Å². The molecule has 1 heterocycles. The van der Waals surface area contributed by atoms with Crippen LogP contribution in [-0.4, -0.2) is 10.4 Å². The van der Waals surface area contributed by atoms with Gasteiger partial charge in [-0.25, -0.2) is 0 Å². The van der Waals surface area contributed by atoms with Gasteiger partial charge in [0.15, 0.2) is 5.78 Å². The predicted molar refractivity (Wildman–Crippen MR) is 118 cm³/mol. The second-order valence-corrected chi connectivity index (χ2v) is 7.57. The van der Waals surface area contributed by atoms with Crippen molar-refractivity contribution in [2.45, 2.75) is 27.3 Å². The van der Waals surface area contributed by atoms with Crippen LogP contribution in [0.1, 0.15) is 38.2 Å². The molecule has 0 aliphatic rings. The van der Waals surface area contributed by atoms with Crippen LogP contribution in [-0.2, 0) is 6.54 Å². The minimum absolute atomic E-state index is 0.131. The average molecular weight is 381 g/mol. The molecule has 0 amide bonds. The first-order chi connectivity index (χ1) is 14.0. The molecule has 1 aromatic heterocycles. The summed E-state index contributed by atoms with van der Waals surface area (Å²) in [6.07, 6.45) is 0. The molecule has 0 aliphatic heterocycles. The fourth-order valence-corrected chi connectivity index (χ4v) is 4.05. The number of pyridine rings is 1. The number of rotatable bonds is 4. The summed E-state index contributed by atoms with van der Waals surface area (Å²) < 4.78 is 1.77. The van der Waals surface area contributed by atoms with E-state index in [-0.39, 0.29) is 11.3 Å². The van der Waals surface area contributed by atoms with Crippen LogP contribution >= 0.6 is 0 Å². The molecule has 29 heavy (non-hydrogen) atoms. The molecule has 0 N–H and O–H groups in total. The topological polar surface area (TPSA) is 39.1 Å². The molecule has 0 saturated heterocycles. The first-order valence-corrected chi connectivity index (χ1v) is 9.75. The summed E-state index contributed by atoms with van der Waals surface area (Å²) in [4.78, 5) is 26.2. The molecular formula is C26H23NO2. The highest BCUT2D eigenvalue weighted by Crippen LogP contribution is 2.23. The molecule has 144 valence electrons. The Morgan fingerprint density at radius 1 is 0.828 bits per heavy atom. The number of nitrogens with zero attached hydrogens (tertiary/aromatic N) is 1. The number of hydrogen-bond donors (Lipinski definition) is 0. The molecule has 0 saturated carbocycles. The van der Waals surface area contributed by atoms with Gasteiger partial charge in [0.1, 0.15) is 0 Å². The van der Waals surface area contributed by atoms with Crippen molar-refractivity contribution in [3.05, 3.63) is 117 Å². The molecule has 0 atom stereocenters. The maximum Gasteiger partial charge on any atom is 0.252 e. The quantitative estimate of drug-likeness (QED) is 0.456. The van der Waals surface area contributed by atoms with Crippen molar-refractivity contribution in [1.29, 1.82) is 0 Å². The van der Waals surface area contributed by atoms with Crippen LogP contribution in [0, 0.1) is 20.8 Å². The third kappa shape index (κ3) is 3.52. The minimum atomic E-state index is -0.164. The number of fused-ring (bicyclic) bond motifs is 1. The second kappa shape index (κ2) is 7.51. The zero-order chi connectivity index (χ0) is 20.5. The maximum atomic E-state index is 13.1. The summed E-state index contributed by atoms with van der Waals surface area (Å²) >= 11 is 0. The monoisotopic (exact) mass is 381 g/mol. The van der Waals surface area contributed by atoms with Crippen LogP contribution < -0.4 is 5.56 Å².